The first-order valence-electron chi connectivity index (χ1n) is 9.56. The number of imidazole rings is 1. The van der Waals surface area contributed by atoms with E-state index in [0.29, 0.717) is 44.0 Å². The lowest BCUT2D eigenvalue weighted by molar-refractivity contribution is -0.133. The van der Waals surface area contributed by atoms with Gasteiger partial charge in [-0.25, -0.2) is 9.78 Å². The summed E-state index contributed by atoms with van der Waals surface area (Å²) in [4.78, 5) is 32.7. The Balaban J connectivity index is 1.55. The summed E-state index contributed by atoms with van der Waals surface area (Å²) in [5, 5.41) is 0. The van der Waals surface area contributed by atoms with Gasteiger partial charge < -0.3 is 23.7 Å². The highest BCUT2D eigenvalue weighted by Crippen LogP contribution is 2.19. The zero-order valence-electron chi connectivity index (χ0n) is 17.0. The molecule has 28 heavy (non-hydrogen) atoms. The maximum atomic E-state index is 12.6. The number of pyridine rings is 1. The van der Waals surface area contributed by atoms with E-state index in [2.05, 4.69) is 4.98 Å². The molecule has 2 aromatic rings. The molecule has 0 bridgehead atoms. The van der Waals surface area contributed by atoms with E-state index in [4.69, 9.17) is 9.47 Å². The number of ether oxygens (including phenoxy) is 2. The van der Waals surface area contributed by atoms with Crippen molar-refractivity contribution < 1.29 is 19.1 Å². The van der Waals surface area contributed by atoms with Gasteiger partial charge in [-0.1, -0.05) is 0 Å². The first-order chi connectivity index (χ1) is 13.2. The van der Waals surface area contributed by atoms with Crippen molar-refractivity contribution in [2.75, 3.05) is 32.8 Å². The lowest BCUT2D eigenvalue weighted by Gasteiger charge is -2.26. The smallest absolute Gasteiger partial charge is 0.410 e. The Labute approximate surface area is 165 Å². The number of fused-ring (bicyclic) bond motifs is 1. The Bertz CT molecular complexity index is 855. The normalized spacial score (nSPS) is 15.4. The molecular formula is C20H28N4O4. The molecule has 3 rings (SSSR count). The summed E-state index contributed by atoms with van der Waals surface area (Å²) >= 11 is 0. The fraction of sp³-hybridized carbons (Fsp3) is 0.550. The largest absolute Gasteiger partial charge is 0.480 e. The molecule has 1 aliphatic rings. The minimum Gasteiger partial charge on any atom is -0.480 e. The molecule has 3 heterocycles. The highest BCUT2D eigenvalue weighted by Gasteiger charge is 2.26. The quantitative estimate of drug-likeness (QED) is 0.807. The van der Waals surface area contributed by atoms with E-state index < -0.39 is 5.60 Å². The molecular weight excluding hydrogens is 360 g/mol. The van der Waals surface area contributed by atoms with E-state index in [1.54, 1.807) is 9.80 Å². The number of nitrogens with zero attached hydrogens (tertiary/aromatic N) is 4. The molecule has 0 unspecified atom stereocenters. The maximum absolute atomic E-state index is 12.6. The number of carbonyl (C=O) groups is 2. The lowest BCUT2D eigenvalue weighted by atomic mass is 10.2. The van der Waals surface area contributed by atoms with Crippen molar-refractivity contribution in [2.45, 2.75) is 39.7 Å². The summed E-state index contributed by atoms with van der Waals surface area (Å²) in [5.74, 6) is 0.477. The molecule has 8 nitrogen and oxygen atoms in total. The van der Waals surface area contributed by atoms with Crippen LogP contribution in [0.25, 0.3) is 5.65 Å². The zero-order valence-corrected chi connectivity index (χ0v) is 17.0. The van der Waals surface area contributed by atoms with Gasteiger partial charge in [-0.05, 0) is 46.2 Å². The summed E-state index contributed by atoms with van der Waals surface area (Å²) in [5.41, 5.74) is 1.05. The molecule has 0 N–H and O–H groups in total. The molecule has 0 aromatic carbocycles. The number of hydrogen-bond donors (Lipinski definition) is 0. The highest BCUT2D eigenvalue weighted by atomic mass is 16.6. The number of rotatable bonds is 3. The second-order valence-electron chi connectivity index (χ2n) is 7.98. The third-order valence-corrected chi connectivity index (χ3v) is 4.42. The minimum absolute atomic E-state index is 0.0575. The molecule has 1 saturated heterocycles. The van der Waals surface area contributed by atoms with Crippen LogP contribution in [-0.4, -0.2) is 69.6 Å². The van der Waals surface area contributed by atoms with Gasteiger partial charge in [0.2, 0.25) is 0 Å². The second-order valence-corrected chi connectivity index (χ2v) is 7.98. The van der Waals surface area contributed by atoms with E-state index in [-0.39, 0.29) is 18.6 Å². The SMILES string of the molecule is Cc1cn2cccc(OCC(=O)N3CCCN(C(=O)OC(C)(C)C)CC3)c2n1. The Morgan fingerprint density at radius 2 is 1.86 bits per heavy atom. The first-order valence-corrected chi connectivity index (χ1v) is 9.56. The van der Waals surface area contributed by atoms with Crippen LogP contribution >= 0.6 is 0 Å². The molecule has 1 fully saturated rings. The van der Waals surface area contributed by atoms with E-state index in [9.17, 15) is 9.59 Å². The Morgan fingerprint density at radius 1 is 1.14 bits per heavy atom. The average Bonchev–Trinajstić information content (AvgIpc) is 2.83. The van der Waals surface area contributed by atoms with Crippen LogP contribution < -0.4 is 4.74 Å². The lowest BCUT2D eigenvalue weighted by Crippen LogP contribution is -2.41. The van der Waals surface area contributed by atoms with E-state index in [0.717, 1.165) is 5.69 Å². The monoisotopic (exact) mass is 388 g/mol. The topological polar surface area (TPSA) is 76.4 Å². The highest BCUT2D eigenvalue weighted by molar-refractivity contribution is 5.78. The third-order valence-electron chi connectivity index (χ3n) is 4.42. The first kappa shape index (κ1) is 20.0. The summed E-state index contributed by atoms with van der Waals surface area (Å²) in [6.07, 6.45) is 4.17. The van der Waals surface area contributed by atoms with Crippen LogP contribution in [-0.2, 0) is 9.53 Å². The van der Waals surface area contributed by atoms with Crippen molar-refractivity contribution in [2.24, 2.45) is 0 Å². The molecule has 1 aliphatic heterocycles. The summed E-state index contributed by atoms with van der Waals surface area (Å²) < 4.78 is 13.0. The van der Waals surface area contributed by atoms with Gasteiger partial charge in [0.25, 0.3) is 5.91 Å². The maximum Gasteiger partial charge on any atom is 0.410 e. The van der Waals surface area contributed by atoms with Crippen LogP contribution in [0.5, 0.6) is 5.75 Å². The Kier molecular flexibility index (Phi) is 5.76. The predicted octanol–water partition coefficient (Wildman–Crippen LogP) is 2.49. The second kappa shape index (κ2) is 8.08. The van der Waals surface area contributed by atoms with Crippen molar-refractivity contribution in [3.63, 3.8) is 0 Å². The molecule has 2 aromatic heterocycles. The van der Waals surface area contributed by atoms with Gasteiger partial charge in [0, 0.05) is 38.6 Å². The Morgan fingerprint density at radius 3 is 2.61 bits per heavy atom. The van der Waals surface area contributed by atoms with E-state index in [1.807, 2.05) is 56.6 Å². The van der Waals surface area contributed by atoms with Gasteiger partial charge in [0.05, 0.1) is 5.69 Å². The fourth-order valence-corrected chi connectivity index (χ4v) is 3.13. The van der Waals surface area contributed by atoms with Crippen molar-refractivity contribution in [3.8, 4) is 5.75 Å². The van der Waals surface area contributed by atoms with Gasteiger partial charge in [-0.3, -0.25) is 4.79 Å². The van der Waals surface area contributed by atoms with Crippen LogP contribution in [0.4, 0.5) is 4.79 Å². The number of amides is 2. The third kappa shape index (κ3) is 4.94. The van der Waals surface area contributed by atoms with Crippen LogP contribution in [0, 0.1) is 6.92 Å². The average molecular weight is 388 g/mol. The number of hydrogen-bond acceptors (Lipinski definition) is 5. The molecule has 152 valence electrons. The Hall–Kier alpha value is -2.77. The minimum atomic E-state index is -0.529. The molecule has 0 radical (unpaired) electrons. The van der Waals surface area contributed by atoms with Crippen molar-refractivity contribution in [3.05, 3.63) is 30.2 Å². The van der Waals surface area contributed by atoms with Gasteiger partial charge in [0.15, 0.2) is 18.0 Å². The van der Waals surface area contributed by atoms with E-state index >= 15 is 0 Å². The predicted molar refractivity (Wildman–Crippen MR) is 104 cm³/mol. The van der Waals surface area contributed by atoms with Gasteiger partial charge in [-0.2, -0.15) is 0 Å². The number of aryl methyl sites for hydroxylation is 1. The number of carbonyl (C=O) groups excluding carboxylic acids is 2. The fourth-order valence-electron chi connectivity index (χ4n) is 3.13. The van der Waals surface area contributed by atoms with Crippen LogP contribution in [0.2, 0.25) is 0 Å². The summed E-state index contributed by atoms with van der Waals surface area (Å²) in [7, 11) is 0. The van der Waals surface area contributed by atoms with Crippen molar-refractivity contribution in [1.82, 2.24) is 19.2 Å². The summed E-state index contributed by atoms with van der Waals surface area (Å²) in [6.45, 7) is 9.48. The molecule has 2 amide bonds. The molecule has 0 spiro atoms. The molecule has 0 saturated carbocycles. The van der Waals surface area contributed by atoms with Gasteiger partial charge >= 0.3 is 6.09 Å². The van der Waals surface area contributed by atoms with Gasteiger partial charge in [-0.15, -0.1) is 0 Å². The zero-order chi connectivity index (χ0) is 20.3. The molecule has 0 aliphatic carbocycles. The van der Waals surface area contributed by atoms with Crippen LogP contribution in [0.1, 0.15) is 32.9 Å². The van der Waals surface area contributed by atoms with Crippen LogP contribution in [0.3, 0.4) is 0 Å². The number of aromatic nitrogens is 2. The van der Waals surface area contributed by atoms with E-state index in [1.165, 1.54) is 0 Å². The molecule has 0 atom stereocenters. The van der Waals surface area contributed by atoms with Crippen LogP contribution in [0.15, 0.2) is 24.5 Å². The standard InChI is InChI=1S/C20H28N4O4/c1-15-13-24-8-5-7-16(18(24)21-15)27-14-17(25)22-9-6-10-23(12-11-22)19(26)28-20(2,3)4/h5,7-8,13H,6,9-12,14H2,1-4H3. The van der Waals surface area contributed by atoms with Crippen molar-refractivity contribution in [1.29, 1.82) is 0 Å². The summed E-state index contributed by atoms with van der Waals surface area (Å²) in [6, 6.07) is 3.67. The van der Waals surface area contributed by atoms with Gasteiger partial charge in [0.1, 0.15) is 5.60 Å². The van der Waals surface area contributed by atoms with Crippen molar-refractivity contribution >= 4 is 17.6 Å². The molecule has 8 heteroatoms.